The molecule has 2 aromatic heterocycles. The van der Waals surface area contributed by atoms with Crippen molar-refractivity contribution in [1.29, 1.82) is 0 Å². The van der Waals surface area contributed by atoms with Gasteiger partial charge in [0.2, 0.25) is 5.88 Å². The van der Waals surface area contributed by atoms with Gasteiger partial charge in [0, 0.05) is 43.5 Å². The SMILES string of the molecule is COc1ccc(C(=O)NC2CCN(Cc3c(C)noc3C)CC2)cn1. The number of piperidine rings is 1. The van der Waals surface area contributed by atoms with E-state index in [0.717, 1.165) is 43.9 Å². The zero-order valence-electron chi connectivity index (χ0n) is 14.9. The van der Waals surface area contributed by atoms with Crippen LogP contribution in [-0.4, -0.2) is 47.2 Å². The number of nitrogens with one attached hydrogen (secondary N) is 1. The van der Waals surface area contributed by atoms with Crippen LogP contribution < -0.4 is 10.1 Å². The maximum absolute atomic E-state index is 12.3. The van der Waals surface area contributed by atoms with Gasteiger partial charge in [0.25, 0.3) is 5.91 Å². The molecular weight excluding hydrogens is 320 g/mol. The predicted molar refractivity (Wildman–Crippen MR) is 92.5 cm³/mol. The van der Waals surface area contributed by atoms with Crippen LogP contribution >= 0.6 is 0 Å². The number of aromatic nitrogens is 2. The Morgan fingerprint density at radius 1 is 1.36 bits per heavy atom. The van der Waals surface area contributed by atoms with Crippen LogP contribution in [0.4, 0.5) is 0 Å². The lowest BCUT2D eigenvalue weighted by Crippen LogP contribution is -2.44. The molecule has 0 aliphatic carbocycles. The van der Waals surface area contributed by atoms with E-state index in [1.807, 2.05) is 13.8 Å². The Morgan fingerprint density at radius 3 is 2.68 bits per heavy atom. The predicted octanol–water partition coefficient (Wildman–Crippen LogP) is 2.09. The van der Waals surface area contributed by atoms with Crippen LogP contribution in [-0.2, 0) is 6.54 Å². The Hall–Kier alpha value is -2.41. The third kappa shape index (κ3) is 4.17. The van der Waals surface area contributed by atoms with E-state index >= 15 is 0 Å². The highest BCUT2D eigenvalue weighted by Gasteiger charge is 2.23. The number of likely N-dealkylation sites (tertiary alicyclic amines) is 1. The minimum absolute atomic E-state index is 0.0840. The van der Waals surface area contributed by atoms with E-state index in [1.165, 1.54) is 5.56 Å². The largest absolute Gasteiger partial charge is 0.481 e. The van der Waals surface area contributed by atoms with Gasteiger partial charge in [0.1, 0.15) is 5.76 Å². The van der Waals surface area contributed by atoms with Crippen molar-refractivity contribution in [3.63, 3.8) is 0 Å². The van der Waals surface area contributed by atoms with Crippen molar-refractivity contribution in [2.75, 3.05) is 20.2 Å². The van der Waals surface area contributed by atoms with E-state index in [-0.39, 0.29) is 11.9 Å². The Morgan fingerprint density at radius 2 is 2.12 bits per heavy atom. The highest BCUT2D eigenvalue weighted by Crippen LogP contribution is 2.19. The van der Waals surface area contributed by atoms with Gasteiger partial charge in [-0.25, -0.2) is 4.98 Å². The van der Waals surface area contributed by atoms with Crippen LogP contribution in [0.15, 0.2) is 22.9 Å². The van der Waals surface area contributed by atoms with Crippen LogP contribution in [0.2, 0.25) is 0 Å². The molecule has 1 fully saturated rings. The first-order valence-corrected chi connectivity index (χ1v) is 8.52. The molecule has 0 aromatic carbocycles. The van der Waals surface area contributed by atoms with Crippen molar-refractivity contribution in [3.8, 4) is 5.88 Å². The summed E-state index contributed by atoms with van der Waals surface area (Å²) < 4.78 is 10.2. The minimum atomic E-state index is -0.0840. The molecule has 0 spiro atoms. The van der Waals surface area contributed by atoms with Crippen LogP contribution in [0.5, 0.6) is 5.88 Å². The molecular formula is C18H24N4O3. The molecule has 0 atom stereocenters. The number of nitrogens with zero attached hydrogens (tertiary/aromatic N) is 3. The van der Waals surface area contributed by atoms with Gasteiger partial charge in [0.05, 0.1) is 18.4 Å². The maximum Gasteiger partial charge on any atom is 0.253 e. The van der Waals surface area contributed by atoms with Crippen LogP contribution in [0.1, 0.15) is 40.2 Å². The summed E-state index contributed by atoms with van der Waals surface area (Å²) in [6, 6.07) is 3.62. The molecule has 25 heavy (non-hydrogen) atoms. The van der Waals surface area contributed by atoms with Gasteiger partial charge in [-0.15, -0.1) is 0 Å². The second-order valence-corrected chi connectivity index (χ2v) is 6.42. The lowest BCUT2D eigenvalue weighted by atomic mass is 10.0. The van der Waals surface area contributed by atoms with Crippen molar-refractivity contribution in [2.45, 2.75) is 39.3 Å². The van der Waals surface area contributed by atoms with Crippen LogP contribution in [0, 0.1) is 13.8 Å². The summed E-state index contributed by atoms with van der Waals surface area (Å²) in [6.07, 6.45) is 3.40. The normalized spacial score (nSPS) is 16.0. The Kier molecular flexibility index (Phi) is 5.33. The molecule has 1 amide bonds. The van der Waals surface area contributed by atoms with Crippen molar-refractivity contribution in [1.82, 2.24) is 20.4 Å². The lowest BCUT2D eigenvalue weighted by molar-refractivity contribution is 0.0908. The Balaban J connectivity index is 1.49. The van der Waals surface area contributed by atoms with Crippen molar-refractivity contribution >= 4 is 5.91 Å². The molecule has 2 aromatic rings. The van der Waals surface area contributed by atoms with Crippen molar-refractivity contribution in [3.05, 3.63) is 40.9 Å². The van der Waals surface area contributed by atoms with E-state index in [2.05, 4.69) is 20.4 Å². The molecule has 0 bridgehead atoms. The summed E-state index contributed by atoms with van der Waals surface area (Å²) in [6.45, 7) is 6.66. The average molecular weight is 344 g/mol. The van der Waals surface area contributed by atoms with Crippen molar-refractivity contribution < 1.29 is 14.1 Å². The average Bonchev–Trinajstić information content (AvgIpc) is 2.95. The van der Waals surface area contributed by atoms with Gasteiger partial charge in [-0.1, -0.05) is 5.16 Å². The molecule has 0 saturated carbocycles. The fourth-order valence-electron chi connectivity index (χ4n) is 3.09. The summed E-state index contributed by atoms with van der Waals surface area (Å²) in [5.41, 5.74) is 2.69. The topological polar surface area (TPSA) is 80.5 Å². The first-order valence-electron chi connectivity index (χ1n) is 8.52. The molecule has 3 heterocycles. The summed E-state index contributed by atoms with van der Waals surface area (Å²) >= 11 is 0. The molecule has 7 nitrogen and oxygen atoms in total. The number of aryl methyl sites for hydroxylation is 2. The van der Waals surface area contributed by atoms with Gasteiger partial charge in [-0.05, 0) is 32.8 Å². The molecule has 1 N–H and O–H groups in total. The van der Waals surface area contributed by atoms with Crippen LogP contribution in [0.3, 0.4) is 0 Å². The number of rotatable bonds is 5. The summed E-state index contributed by atoms with van der Waals surface area (Å²) in [4.78, 5) is 18.8. The molecule has 3 rings (SSSR count). The van der Waals surface area contributed by atoms with E-state index < -0.39 is 0 Å². The maximum atomic E-state index is 12.3. The lowest BCUT2D eigenvalue weighted by Gasteiger charge is -2.32. The Labute approximate surface area is 147 Å². The number of pyridine rings is 1. The molecule has 0 radical (unpaired) electrons. The van der Waals surface area contributed by atoms with Gasteiger partial charge < -0.3 is 14.6 Å². The molecule has 134 valence electrons. The van der Waals surface area contributed by atoms with Gasteiger partial charge in [-0.3, -0.25) is 9.69 Å². The Bertz CT molecular complexity index is 699. The number of carbonyl (C=O) groups is 1. The summed E-state index contributed by atoms with van der Waals surface area (Å²) in [5.74, 6) is 1.31. The van der Waals surface area contributed by atoms with Crippen LogP contribution in [0.25, 0.3) is 0 Å². The second kappa shape index (κ2) is 7.65. The first-order chi connectivity index (χ1) is 12.1. The molecule has 0 unspecified atom stereocenters. The quantitative estimate of drug-likeness (QED) is 0.894. The highest BCUT2D eigenvalue weighted by molar-refractivity contribution is 5.94. The molecule has 7 heteroatoms. The van der Waals surface area contributed by atoms with E-state index in [1.54, 1.807) is 25.4 Å². The number of carbonyl (C=O) groups excluding carboxylic acids is 1. The molecule has 1 saturated heterocycles. The molecule has 1 aliphatic heterocycles. The monoisotopic (exact) mass is 344 g/mol. The van der Waals surface area contributed by atoms with Gasteiger partial charge >= 0.3 is 0 Å². The third-order valence-electron chi connectivity index (χ3n) is 4.69. The second-order valence-electron chi connectivity index (χ2n) is 6.42. The van der Waals surface area contributed by atoms with Gasteiger partial charge in [0.15, 0.2) is 0 Å². The summed E-state index contributed by atoms with van der Waals surface area (Å²) in [5, 5.41) is 7.11. The standard InChI is InChI=1S/C18H24N4O3/c1-12-16(13(2)25-21-12)11-22-8-6-15(7-9-22)20-18(23)14-4-5-17(24-3)19-10-14/h4-5,10,15H,6-9,11H2,1-3H3,(H,20,23). The number of methoxy groups -OCH3 is 1. The van der Waals surface area contributed by atoms with Gasteiger partial charge in [-0.2, -0.15) is 0 Å². The fraction of sp³-hybridized carbons (Fsp3) is 0.500. The first kappa shape index (κ1) is 17.4. The number of hydrogen-bond donors (Lipinski definition) is 1. The zero-order valence-corrected chi connectivity index (χ0v) is 14.9. The van der Waals surface area contributed by atoms with Crippen molar-refractivity contribution in [2.24, 2.45) is 0 Å². The fourth-order valence-corrected chi connectivity index (χ4v) is 3.09. The smallest absolute Gasteiger partial charge is 0.253 e. The zero-order chi connectivity index (χ0) is 17.8. The number of amides is 1. The van der Waals surface area contributed by atoms with E-state index in [0.29, 0.717) is 11.4 Å². The molecule has 1 aliphatic rings. The van der Waals surface area contributed by atoms with E-state index in [4.69, 9.17) is 9.26 Å². The summed E-state index contributed by atoms with van der Waals surface area (Å²) in [7, 11) is 1.55. The highest BCUT2D eigenvalue weighted by atomic mass is 16.5. The number of hydrogen-bond acceptors (Lipinski definition) is 6. The minimum Gasteiger partial charge on any atom is -0.481 e. The number of ether oxygens (including phenoxy) is 1. The third-order valence-corrected chi connectivity index (χ3v) is 4.69. The van der Waals surface area contributed by atoms with E-state index in [9.17, 15) is 4.79 Å².